The molecule has 1 aliphatic heterocycles. The Bertz CT molecular complexity index is 961. The Labute approximate surface area is 210 Å². The molecule has 5 atom stereocenters. The van der Waals surface area contributed by atoms with Crippen molar-refractivity contribution in [3.05, 3.63) is 60.7 Å². The van der Waals surface area contributed by atoms with E-state index in [4.69, 9.17) is 9.16 Å². The van der Waals surface area contributed by atoms with E-state index in [9.17, 15) is 28.9 Å². The summed E-state index contributed by atoms with van der Waals surface area (Å²) in [4.78, 5) is 11.9. The van der Waals surface area contributed by atoms with Crippen LogP contribution in [0, 0.1) is 0 Å². The zero-order chi connectivity index (χ0) is 26.7. The van der Waals surface area contributed by atoms with E-state index in [0.29, 0.717) is 0 Å². The van der Waals surface area contributed by atoms with E-state index >= 15 is 0 Å². The molecule has 0 saturated carbocycles. The van der Waals surface area contributed by atoms with E-state index in [-0.39, 0.29) is 13.2 Å². The molecule has 1 heterocycles. The topological polar surface area (TPSA) is 105 Å². The average molecular weight is 525 g/mol. The van der Waals surface area contributed by atoms with E-state index < -0.39 is 55.8 Å². The van der Waals surface area contributed by atoms with Crippen molar-refractivity contribution >= 4 is 24.7 Å². The molecule has 1 aliphatic rings. The molecule has 0 spiro atoms. The summed E-state index contributed by atoms with van der Waals surface area (Å²) in [5.74, 6) is -6.14. The predicted octanol–water partition coefficient (Wildman–Crippen LogP) is 1.61. The highest BCUT2D eigenvalue weighted by molar-refractivity contribution is 6.99. The van der Waals surface area contributed by atoms with E-state index in [0.717, 1.165) is 10.4 Å². The van der Waals surface area contributed by atoms with Gasteiger partial charge in [-0.15, -0.1) is 0 Å². The number of esters is 1. The van der Waals surface area contributed by atoms with Gasteiger partial charge in [0.05, 0.1) is 13.2 Å². The smallest absolute Gasteiger partial charge is 0.379 e. The fourth-order valence-corrected chi connectivity index (χ4v) is 9.27. The quantitative estimate of drug-likeness (QED) is 0.356. The van der Waals surface area contributed by atoms with Crippen molar-refractivity contribution in [2.45, 2.75) is 69.2 Å². The van der Waals surface area contributed by atoms with Crippen LogP contribution in [0.25, 0.3) is 0 Å². The normalized spacial score (nSPS) is 25.4. The Morgan fingerprint density at radius 3 is 1.86 bits per heavy atom. The van der Waals surface area contributed by atoms with Crippen LogP contribution in [-0.4, -0.2) is 79.3 Å². The number of hydrogen-bond donors (Lipinski definition) is 3. The molecule has 0 amide bonds. The minimum Gasteiger partial charge on any atom is -0.461 e. The van der Waals surface area contributed by atoms with Gasteiger partial charge in [0.25, 0.3) is 8.32 Å². The van der Waals surface area contributed by atoms with Gasteiger partial charge in [-0.25, -0.2) is 4.79 Å². The highest BCUT2D eigenvalue weighted by Gasteiger charge is 2.60. The second-order valence-electron chi connectivity index (χ2n) is 9.88. The van der Waals surface area contributed by atoms with Crippen molar-refractivity contribution in [1.29, 1.82) is 0 Å². The fourth-order valence-electron chi connectivity index (χ4n) is 4.70. The Morgan fingerprint density at radius 2 is 1.42 bits per heavy atom. The standard InChI is InChI=1S/C26H34F2O7Si/c1-5-33-24(32)26(27,28)23-22(31)21(30)20(29)19(35-23)16-34-36(25(2,3)4,17-12-8-6-9-13-17)18-14-10-7-11-15-18/h6-15,19-23,29-31H,5,16H2,1-4H3/t19-,20-,21+,22+,23+/m1/s1. The monoisotopic (exact) mass is 524 g/mol. The van der Waals surface area contributed by atoms with Gasteiger partial charge in [0.15, 0.2) is 6.10 Å². The van der Waals surface area contributed by atoms with Crippen LogP contribution in [0.1, 0.15) is 27.7 Å². The van der Waals surface area contributed by atoms with Gasteiger partial charge in [-0.2, -0.15) is 8.78 Å². The van der Waals surface area contributed by atoms with Crippen LogP contribution in [0.3, 0.4) is 0 Å². The molecule has 0 aliphatic carbocycles. The number of alkyl halides is 2. The molecule has 0 aromatic heterocycles. The van der Waals surface area contributed by atoms with E-state index in [1.165, 1.54) is 6.92 Å². The maximum atomic E-state index is 14.8. The van der Waals surface area contributed by atoms with Crippen LogP contribution in [0.2, 0.25) is 5.04 Å². The molecule has 1 fully saturated rings. The van der Waals surface area contributed by atoms with Crippen molar-refractivity contribution in [2.24, 2.45) is 0 Å². The molecule has 2 aromatic rings. The zero-order valence-corrected chi connectivity index (χ0v) is 21.8. The molecule has 0 radical (unpaired) electrons. The minimum absolute atomic E-state index is 0.303. The Balaban J connectivity index is 1.99. The first-order valence-electron chi connectivity index (χ1n) is 11.9. The third-order valence-electron chi connectivity index (χ3n) is 6.50. The molecule has 3 rings (SSSR count). The van der Waals surface area contributed by atoms with Crippen molar-refractivity contribution in [3.63, 3.8) is 0 Å². The lowest BCUT2D eigenvalue weighted by Crippen LogP contribution is -2.69. The lowest BCUT2D eigenvalue weighted by atomic mass is 9.92. The summed E-state index contributed by atoms with van der Waals surface area (Å²) in [6, 6.07) is 19.1. The third-order valence-corrected chi connectivity index (χ3v) is 11.5. The summed E-state index contributed by atoms with van der Waals surface area (Å²) in [7, 11) is -3.12. The maximum Gasteiger partial charge on any atom is 0.379 e. The number of aliphatic hydroxyl groups excluding tert-OH is 3. The van der Waals surface area contributed by atoms with Gasteiger partial charge in [-0.05, 0) is 22.3 Å². The highest BCUT2D eigenvalue weighted by Crippen LogP contribution is 2.38. The SMILES string of the molecule is CCOC(=O)C(F)(F)[C@H]1O[C@H](CO[Si](c2ccccc2)(c2ccccc2)C(C)(C)C)[C@@H](O)[C@H](O)[C@@H]1O. The summed E-state index contributed by atoms with van der Waals surface area (Å²) in [5, 5.41) is 32.6. The van der Waals surface area contributed by atoms with Gasteiger partial charge in [0.2, 0.25) is 0 Å². The molecule has 1 saturated heterocycles. The number of benzene rings is 2. The van der Waals surface area contributed by atoms with Gasteiger partial charge >= 0.3 is 11.9 Å². The zero-order valence-electron chi connectivity index (χ0n) is 20.8. The number of rotatable bonds is 8. The molecule has 7 nitrogen and oxygen atoms in total. The van der Waals surface area contributed by atoms with Gasteiger partial charge in [0, 0.05) is 0 Å². The number of aliphatic hydroxyl groups is 3. The second kappa shape index (κ2) is 11.0. The van der Waals surface area contributed by atoms with E-state index in [1.807, 2.05) is 81.4 Å². The number of ether oxygens (including phenoxy) is 2. The van der Waals surface area contributed by atoms with Crippen molar-refractivity contribution < 1.29 is 42.8 Å². The van der Waals surface area contributed by atoms with Crippen molar-refractivity contribution in [3.8, 4) is 0 Å². The molecule has 36 heavy (non-hydrogen) atoms. The molecule has 3 N–H and O–H groups in total. The van der Waals surface area contributed by atoms with Crippen LogP contribution in [0.4, 0.5) is 8.78 Å². The first-order chi connectivity index (χ1) is 16.9. The van der Waals surface area contributed by atoms with Gasteiger partial charge in [-0.1, -0.05) is 81.4 Å². The van der Waals surface area contributed by atoms with Gasteiger partial charge < -0.3 is 29.2 Å². The molecular formula is C26H34F2O7Si. The van der Waals surface area contributed by atoms with Crippen LogP contribution in [0.15, 0.2) is 60.7 Å². The van der Waals surface area contributed by atoms with Gasteiger partial charge in [-0.3, -0.25) is 0 Å². The van der Waals surface area contributed by atoms with E-state index in [2.05, 4.69) is 4.74 Å². The molecule has 0 unspecified atom stereocenters. The minimum atomic E-state index is -4.26. The Morgan fingerprint density at radius 1 is 0.917 bits per heavy atom. The second-order valence-corrected chi connectivity index (χ2v) is 14.2. The van der Waals surface area contributed by atoms with E-state index in [1.54, 1.807) is 0 Å². The summed E-state index contributed by atoms with van der Waals surface area (Å²) in [6.45, 7) is 6.76. The molecule has 198 valence electrons. The Kier molecular flexibility index (Phi) is 8.69. The maximum absolute atomic E-state index is 14.8. The molecule has 0 bridgehead atoms. The number of halogens is 2. The number of hydrogen-bond acceptors (Lipinski definition) is 7. The first-order valence-corrected chi connectivity index (χ1v) is 13.8. The molecule has 10 heteroatoms. The van der Waals surface area contributed by atoms with Crippen molar-refractivity contribution in [1.82, 2.24) is 0 Å². The largest absolute Gasteiger partial charge is 0.461 e. The lowest BCUT2D eigenvalue weighted by molar-refractivity contribution is -0.279. The van der Waals surface area contributed by atoms with Crippen LogP contribution < -0.4 is 10.4 Å². The van der Waals surface area contributed by atoms with Gasteiger partial charge in [0.1, 0.15) is 24.4 Å². The average Bonchev–Trinajstić information content (AvgIpc) is 2.84. The predicted molar refractivity (Wildman–Crippen MR) is 132 cm³/mol. The molecule has 2 aromatic carbocycles. The number of carbonyl (C=O) groups is 1. The third kappa shape index (κ3) is 5.25. The van der Waals surface area contributed by atoms with Crippen LogP contribution in [0.5, 0.6) is 0 Å². The fraction of sp³-hybridized carbons (Fsp3) is 0.500. The number of carbonyl (C=O) groups excluding carboxylic acids is 1. The first kappa shape index (κ1) is 28.4. The van der Waals surface area contributed by atoms with Crippen LogP contribution >= 0.6 is 0 Å². The summed E-state index contributed by atoms with van der Waals surface area (Å²) in [6.07, 6.45) is -9.81. The lowest BCUT2D eigenvalue weighted by Gasteiger charge is -2.46. The Hall–Kier alpha value is -2.21. The highest BCUT2D eigenvalue weighted by atomic mass is 28.4. The summed E-state index contributed by atoms with van der Waals surface area (Å²) >= 11 is 0. The van der Waals surface area contributed by atoms with Crippen molar-refractivity contribution in [2.75, 3.05) is 13.2 Å². The summed E-state index contributed by atoms with van der Waals surface area (Å²) < 4.78 is 46.1. The summed E-state index contributed by atoms with van der Waals surface area (Å²) in [5.41, 5.74) is 0. The molecular weight excluding hydrogens is 490 g/mol. The van der Waals surface area contributed by atoms with Crippen LogP contribution in [-0.2, 0) is 18.7 Å².